The van der Waals surface area contributed by atoms with Crippen molar-refractivity contribution in [3.63, 3.8) is 0 Å². The topological polar surface area (TPSA) is 24.9 Å². The van der Waals surface area contributed by atoms with Gasteiger partial charge in [-0.1, -0.05) is 6.92 Å². The first kappa shape index (κ1) is 15.3. The molecule has 1 aromatic heterocycles. The fraction of sp³-hybridized carbons (Fsp3) is 0.667. The Bertz CT molecular complexity index is 414. The lowest BCUT2D eigenvalue weighted by Crippen LogP contribution is -2.18. The molecule has 0 aromatic carbocycles. The molecule has 0 spiro atoms. The minimum absolute atomic E-state index is 0.643. The average molecular weight is 286 g/mol. The van der Waals surface area contributed by atoms with Crippen LogP contribution in [-0.2, 0) is 12.6 Å². The molecular weight excluding hydrogens is 265 g/mol. The fourth-order valence-electron chi connectivity index (χ4n) is 2.78. The second-order valence-electron chi connectivity index (χ2n) is 5.77. The minimum Gasteiger partial charge on any atom is -0.316 e. The second kappa shape index (κ2) is 6.57. The molecule has 2 nitrogen and oxygen atoms in total. The van der Waals surface area contributed by atoms with Crippen molar-refractivity contribution in [3.8, 4) is 0 Å². The Morgan fingerprint density at radius 2 is 2.15 bits per heavy atom. The monoisotopic (exact) mass is 286 g/mol. The van der Waals surface area contributed by atoms with Gasteiger partial charge in [0.1, 0.15) is 0 Å². The van der Waals surface area contributed by atoms with Crippen molar-refractivity contribution >= 4 is 0 Å². The average Bonchev–Trinajstić information content (AvgIpc) is 2.60. The molecule has 0 bridgehead atoms. The van der Waals surface area contributed by atoms with Gasteiger partial charge in [-0.3, -0.25) is 4.98 Å². The number of aromatic nitrogens is 1. The summed E-state index contributed by atoms with van der Waals surface area (Å²) in [4.78, 5) is 3.94. The van der Waals surface area contributed by atoms with Gasteiger partial charge < -0.3 is 5.32 Å². The highest BCUT2D eigenvalue weighted by atomic mass is 19.4. The van der Waals surface area contributed by atoms with E-state index in [1.165, 1.54) is 12.5 Å². The highest BCUT2D eigenvalue weighted by Gasteiger charge is 2.30. The first-order valence-corrected chi connectivity index (χ1v) is 7.18. The maximum Gasteiger partial charge on any atom is 0.417 e. The van der Waals surface area contributed by atoms with E-state index in [1.54, 1.807) is 0 Å². The molecule has 0 saturated carbocycles. The Morgan fingerprint density at radius 3 is 2.80 bits per heavy atom. The van der Waals surface area contributed by atoms with Crippen LogP contribution in [0.25, 0.3) is 0 Å². The third kappa shape index (κ3) is 4.47. The van der Waals surface area contributed by atoms with Crippen LogP contribution in [0.1, 0.15) is 37.4 Å². The molecule has 1 saturated heterocycles. The number of nitrogens with one attached hydrogen (secondary N) is 1. The molecule has 0 aliphatic carbocycles. The SMILES string of the molecule is C[C@@H]1CNCCC(CCc2ccc(C(F)(F)F)cn2)C1. The number of nitrogens with zero attached hydrogens (tertiary/aromatic N) is 1. The molecule has 1 fully saturated rings. The summed E-state index contributed by atoms with van der Waals surface area (Å²) in [5.41, 5.74) is 0.0800. The van der Waals surface area contributed by atoms with E-state index in [9.17, 15) is 13.2 Å². The van der Waals surface area contributed by atoms with Gasteiger partial charge in [-0.2, -0.15) is 13.2 Å². The van der Waals surface area contributed by atoms with Gasteiger partial charge in [-0.25, -0.2) is 0 Å². The summed E-state index contributed by atoms with van der Waals surface area (Å²) in [6.07, 6.45) is 0.735. The summed E-state index contributed by atoms with van der Waals surface area (Å²) in [6, 6.07) is 2.63. The lowest BCUT2D eigenvalue weighted by molar-refractivity contribution is -0.137. The molecule has 1 N–H and O–H groups in total. The van der Waals surface area contributed by atoms with Crippen LogP contribution < -0.4 is 5.32 Å². The van der Waals surface area contributed by atoms with Gasteiger partial charge in [0.05, 0.1) is 5.56 Å². The zero-order valence-electron chi connectivity index (χ0n) is 11.7. The van der Waals surface area contributed by atoms with Gasteiger partial charge >= 0.3 is 6.18 Å². The van der Waals surface area contributed by atoms with E-state index < -0.39 is 11.7 Å². The quantitative estimate of drug-likeness (QED) is 0.917. The molecule has 20 heavy (non-hydrogen) atoms. The molecule has 1 aliphatic heterocycles. The Hall–Kier alpha value is -1.10. The van der Waals surface area contributed by atoms with Crippen molar-refractivity contribution in [2.24, 2.45) is 11.8 Å². The number of hydrogen-bond donors (Lipinski definition) is 1. The van der Waals surface area contributed by atoms with Crippen molar-refractivity contribution in [2.45, 2.75) is 38.8 Å². The van der Waals surface area contributed by atoms with Crippen molar-refractivity contribution in [2.75, 3.05) is 13.1 Å². The Labute approximate surface area is 117 Å². The maximum atomic E-state index is 12.4. The van der Waals surface area contributed by atoms with E-state index in [-0.39, 0.29) is 0 Å². The van der Waals surface area contributed by atoms with E-state index in [0.29, 0.717) is 11.8 Å². The second-order valence-corrected chi connectivity index (χ2v) is 5.77. The van der Waals surface area contributed by atoms with E-state index in [2.05, 4.69) is 17.2 Å². The number of alkyl halides is 3. The molecule has 1 unspecified atom stereocenters. The Balaban J connectivity index is 1.87. The smallest absolute Gasteiger partial charge is 0.316 e. The first-order valence-electron chi connectivity index (χ1n) is 7.18. The number of rotatable bonds is 3. The van der Waals surface area contributed by atoms with E-state index >= 15 is 0 Å². The van der Waals surface area contributed by atoms with Crippen LogP contribution in [0.4, 0.5) is 13.2 Å². The normalized spacial score (nSPS) is 24.4. The standard InChI is InChI=1S/C15H21F3N2/c1-11-8-12(6-7-19-9-11)2-4-14-5-3-13(10-20-14)15(16,17)18/h3,5,10-12,19H,2,4,6-9H2,1H3/t11-,12?/m0/s1. The molecule has 2 heterocycles. The van der Waals surface area contributed by atoms with E-state index in [0.717, 1.165) is 50.3 Å². The number of halogens is 3. The molecule has 0 radical (unpaired) electrons. The van der Waals surface area contributed by atoms with E-state index in [1.807, 2.05) is 0 Å². The van der Waals surface area contributed by atoms with Crippen molar-refractivity contribution < 1.29 is 13.2 Å². The van der Waals surface area contributed by atoms with Gasteiger partial charge in [-0.15, -0.1) is 0 Å². The first-order chi connectivity index (χ1) is 9.45. The number of hydrogen-bond acceptors (Lipinski definition) is 2. The maximum absolute atomic E-state index is 12.4. The summed E-state index contributed by atoms with van der Waals surface area (Å²) in [5.74, 6) is 1.31. The van der Waals surface area contributed by atoms with Crippen LogP contribution >= 0.6 is 0 Å². The molecular formula is C15H21F3N2. The highest BCUT2D eigenvalue weighted by Crippen LogP contribution is 2.29. The van der Waals surface area contributed by atoms with Gasteiger partial charge in [0, 0.05) is 11.9 Å². The molecule has 5 heteroatoms. The Morgan fingerprint density at radius 1 is 1.35 bits per heavy atom. The molecule has 0 amide bonds. The van der Waals surface area contributed by atoms with Gasteiger partial charge in [0.25, 0.3) is 0 Å². The fourth-order valence-corrected chi connectivity index (χ4v) is 2.78. The summed E-state index contributed by atoms with van der Waals surface area (Å²) < 4.78 is 37.3. The van der Waals surface area contributed by atoms with Gasteiger partial charge in [-0.05, 0) is 62.7 Å². The van der Waals surface area contributed by atoms with Crippen LogP contribution in [0, 0.1) is 11.8 Å². The van der Waals surface area contributed by atoms with Crippen molar-refractivity contribution in [1.82, 2.24) is 10.3 Å². The highest BCUT2D eigenvalue weighted by molar-refractivity contribution is 5.17. The van der Waals surface area contributed by atoms with E-state index in [4.69, 9.17) is 0 Å². The lowest BCUT2D eigenvalue weighted by Gasteiger charge is -2.16. The molecule has 1 aromatic rings. The predicted octanol–water partition coefficient (Wildman–Crippen LogP) is 3.67. The molecule has 2 rings (SSSR count). The molecule has 2 atom stereocenters. The summed E-state index contributed by atoms with van der Waals surface area (Å²) in [5, 5.41) is 3.41. The lowest BCUT2D eigenvalue weighted by atomic mass is 9.90. The van der Waals surface area contributed by atoms with Crippen LogP contribution in [0.15, 0.2) is 18.3 Å². The molecule has 112 valence electrons. The summed E-state index contributed by atoms with van der Waals surface area (Å²) >= 11 is 0. The predicted molar refractivity (Wildman–Crippen MR) is 72.3 cm³/mol. The van der Waals surface area contributed by atoms with Crippen molar-refractivity contribution in [3.05, 3.63) is 29.6 Å². The van der Waals surface area contributed by atoms with Gasteiger partial charge in [0.15, 0.2) is 0 Å². The minimum atomic E-state index is -4.30. The largest absolute Gasteiger partial charge is 0.417 e. The third-order valence-corrected chi connectivity index (χ3v) is 3.92. The zero-order chi connectivity index (χ0) is 14.6. The van der Waals surface area contributed by atoms with Crippen LogP contribution in [-0.4, -0.2) is 18.1 Å². The van der Waals surface area contributed by atoms with Crippen molar-refractivity contribution in [1.29, 1.82) is 0 Å². The Kier molecular flexibility index (Phi) is 5.02. The van der Waals surface area contributed by atoms with Gasteiger partial charge in [0.2, 0.25) is 0 Å². The zero-order valence-corrected chi connectivity index (χ0v) is 11.7. The van der Waals surface area contributed by atoms with Crippen LogP contribution in [0.2, 0.25) is 0 Å². The van der Waals surface area contributed by atoms with Crippen LogP contribution in [0.5, 0.6) is 0 Å². The number of aryl methyl sites for hydroxylation is 1. The summed E-state index contributed by atoms with van der Waals surface area (Å²) in [6.45, 7) is 4.34. The van der Waals surface area contributed by atoms with Crippen LogP contribution in [0.3, 0.4) is 0 Å². The number of pyridine rings is 1. The third-order valence-electron chi connectivity index (χ3n) is 3.92. The summed E-state index contributed by atoms with van der Waals surface area (Å²) in [7, 11) is 0. The molecule has 1 aliphatic rings.